The lowest BCUT2D eigenvalue weighted by molar-refractivity contribution is -0.384. The Labute approximate surface area is 188 Å². The summed E-state index contributed by atoms with van der Waals surface area (Å²) in [5.41, 5.74) is -0.734. The third-order valence-electron chi connectivity index (χ3n) is 5.59. The minimum absolute atomic E-state index is 0.143. The Hall–Kier alpha value is -4.28. The fourth-order valence-corrected chi connectivity index (χ4v) is 3.57. The highest BCUT2D eigenvalue weighted by atomic mass is 16.6. The van der Waals surface area contributed by atoms with Crippen LogP contribution in [0.15, 0.2) is 48.5 Å². The molecule has 1 aliphatic heterocycles. The molecule has 2 aromatic rings. The van der Waals surface area contributed by atoms with E-state index in [0.29, 0.717) is 5.56 Å². The van der Waals surface area contributed by atoms with Crippen LogP contribution in [0.4, 0.5) is 16.2 Å². The SMILES string of the molecule is CC1(c2ccc([N+](=O)[O-])cc2)NC(=O)N(CC(=O)Nc2ccccc2C(=O)NC2CC2)C1=O. The molecular weight excluding hydrogens is 430 g/mol. The summed E-state index contributed by atoms with van der Waals surface area (Å²) in [6.45, 7) is 0.898. The highest BCUT2D eigenvalue weighted by Gasteiger charge is 2.49. The zero-order chi connectivity index (χ0) is 23.8. The molecule has 2 aliphatic rings. The van der Waals surface area contributed by atoms with Gasteiger partial charge >= 0.3 is 6.03 Å². The highest BCUT2D eigenvalue weighted by molar-refractivity contribution is 6.11. The molecule has 1 saturated carbocycles. The van der Waals surface area contributed by atoms with Crippen LogP contribution in [0, 0.1) is 10.1 Å². The van der Waals surface area contributed by atoms with Gasteiger partial charge in [-0.25, -0.2) is 4.79 Å². The fourth-order valence-electron chi connectivity index (χ4n) is 3.57. The van der Waals surface area contributed by atoms with Gasteiger partial charge in [0.05, 0.1) is 16.2 Å². The number of hydrogen-bond acceptors (Lipinski definition) is 6. The van der Waals surface area contributed by atoms with Crippen LogP contribution in [0.5, 0.6) is 0 Å². The number of imide groups is 1. The molecule has 1 atom stereocenters. The Morgan fingerprint density at radius 1 is 1.15 bits per heavy atom. The first-order chi connectivity index (χ1) is 15.7. The van der Waals surface area contributed by atoms with Crippen LogP contribution in [0.1, 0.15) is 35.7 Å². The zero-order valence-corrected chi connectivity index (χ0v) is 17.7. The van der Waals surface area contributed by atoms with Crippen molar-refractivity contribution in [1.29, 1.82) is 0 Å². The number of non-ortho nitro benzene ring substituents is 1. The number of carbonyl (C=O) groups excluding carboxylic acids is 4. The molecule has 3 N–H and O–H groups in total. The average Bonchev–Trinajstić information content (AvgIpc) is 3.57. The van der Waals surface area contributed by atoms with Crippen LogP contribution in [-0.4, -0.2) is 46.2 Å². The van der Waals surface area contributed by atoms with Crippen molar-refractivity contribution in [2.45, 2.75) is 31.3 Å². The van der Waals surface area contributed by atoms with E-state index in [1.54, 1.807) is 24.3 Å². The Kier molecular flexibility index (Phi) is 5.54. The summed E-state index contributed by atoms with van der Waals surface area (Å²) in [6, 6.07) is 11.1. The second-order valence-corrected chi connectivity index (χ2v) is 8.09. The maximum Gasteiger partial charge on any atom is 0.325 e. The number of para-hydroxylation sites is 1. The van der Waals surface area contributed by atoms with Gasteiger partial charge in [-0.1, -0.05) is 12.1 Å². The number of nitrogens with zero attached hydrogens (tertiary/aromatic N) is 2. The molecule has 5 amide bonds. The smallest absolute Gasteiger partial charge is 0.325 e. The van der Waals surface area contributed by atoms with E-state index >= 15 is 0 Å². The predicted molar refractivity (Wildman–Crippen MR) is 116 cm³/mol. The largest absolute Gasteiger partial charge is 0.349 e. The zero-order valence-electron chi connectivity index (χ0n) is 17.7. The Morgan fingerprint density at radius 3 is 2.45 bits per heavy atom. The van der Waals surface area contributed by atoms with Crippen LogP contribution < -0.4 is 16.0 Å². The molecule has 2 fully saturated rings. The van der Waals surface area contributed by atoms with E-state index in [9.17, 15) is 29.3 Å². The van der Waals surface area contributed by atoms with E-state index in [-0.39, 0.29) is 28.9 Å². The molecule has 0 aromatic heterocycles. The van der Waals surface area contributed by atoms with Crippen molar-refractivity contribution in [2.75, 3.05) is 11.9 Å². The van der Waals surface area contributed by atoms with Gasteiger partial charge in [-0.3, -0.25) is 29.4 Å². The van der Waals surface area contributed by atoms with E-state index in [4.69, 9.17) is 0 Å². The molecule has 1 saturated heterocycles. The van der Waals surface area contributed by atoms with Gasteiger partial charge < -0.3 is 16.0 Å². The molecule has 1 unspecified atom stereocenters. The minimum atomic E-state index is -1.48. The van der Waals surface area contributed by atoms with Crippen LogP contribution in [0.25, 0.3) is 0 Å². The van der Waals surface area contributed by atoms with Gasteiger partial charge in [-0.15, -0.1) is 0 Å². The number of urea groups is 1. The first-order valence-electron chi connectivity index (χ1n) is 10.3. The van der Waals surface area contributed by atoms with Gasteiger partial charge in [-0.05, 0) is 49.6 Å². The van der Waals surface area contributed by atoms with Crippen molar-refractivity contribution < 1.29 is 24.1 Å². The lowest BCUT2D eigenvalue weighted by Gasteiger charge is -2.22. The monoisotopic (exact) mass is 451 g/mol. The standard InChI is InChI=1S/C22H21N5O6/c1-22(13-6-10-15(11-7-13)27(32)33)20(30)26(21(31)25-22)12-18(28)24-17-5-3-2-4-16(17)19(29)23-14-8-9-14/h2-7,10-11,14H,8-9,12H2,1H3,(H,23,29)(H,24,28)(H,25,31). The quantitative estimate of drug-likeness (QED) is 0.332. The van der Waals surface area contributed by atoms with Gasteiger partial charge in [0, 0.05) is 18.2 Å². The number of anilines is 1. The Bertz CT molecular complexity index is 1160. The summed E-state index contributed by atoms with van der Waals surface area (Å²) in [7, 11) is 0. The number of nitro groups is 1. The first-order valence-corrected chi connectivity index (χ1v) is 10.3. The normalized spacial score (nSPS) is 19.7. The molecule has 2 aromatic carbocycles. The molecule has 11 nitrogen and oxygen atoms in total. The lowest BCUT2D eigenvalue weighted by atomic mass is 9.92. The summed E-state index contributed by atoms with van der Waals surface area (Å²) in [5.74, 6) is -1.64. The number of nitrogens with one attached hydrogen (secondary N) is 3. The average molecular weight is 451 g/mol. The van der Waals surface area contributed by atoms with Gasteiger partial charge in [0.1, 0.15) is 12.1 Å². The summed E-state index contributed by atoms with van der Waals surface area (Å²) in [6.07, 6.45) is 1.83. The summed E-state index contributed by atoms with van der Waals surface area (Å²) in [4.78, 5) is 61.6. The number of rotatable bonds is 7. The molecule has 4 rings (SSSR count). The topological polar surface area (TPSA) is 151 Å². The highest BCUT2D eigenvalue weighted by Crippen LogP contribution is 2.30. The van der Waals surface area contributed by atoms with E-state index < -0.39 is 34.9 Å². The number of nitro benzene ring substituents is 1. The van der Waals surface area contributed by atoms with Crippen LogP contribution in [-0.2, 0) is 15.1 Å². The molecule has 1 aliphatic carbocycles. The minimum Gasteiger partial charge on any atom is -0.349 e. The Balaban J connectivity index is 1.47. The van der Waals surface area contributed by atoms with Gasteiger partial charge in [-0.2, -0.15) is 0 Å². The van der Waals surface area contributed by atoms with Crippen molar-refractivity contribution in [2.24, 2.45) is 0 Å². The molecule has 0 radical (unpaired) electrons. The van der Waals surface area contributed by atoms with E-state index in [0.717, 1.165) is 17.7 Å². The van der Waals surface area contributed by atoms with E-state index in [1.165, 1.54) is 31.2 Å². The van der Waals surface area contributed by atoms with Crippen molar-refractivity contribution in [3.63, 3.8) is 0 Å². The van der Waals surface area contributed by atoms with Gasteiger partial charge in [0.2, 0.25) is 5.91 Å². The van der Waals surface area contributed by atoms with Crippen molar-refractivity contribution in [1.82, 2.24) is 15.5 Å². The molecule has 33 heavy (non-hydrogen) atoms. The first kappa shape index (κ1) is 21.9. The number of hydrogen-bond donors (Lipinski definition) is 3. The number of benzene rings is 2. The third kappa shape index (κ3) is 4.38. The summed E-state index contributed by atoms with van der Waals surface area (Å²) >= 11 is 0. The predicted octanol–water partition coefficient (Wildman–Crippen LogP) is 1.89. The van der Waals surface area contributed by atoms with Crippen LogP contribution in [0.3, 0.4) is 0 Å². The molecule has 170 valence electrons. The molecule has 11 heteroatoms. The fraction of sp³-hybridized carbons (Fsp3) is 0.273. The Morgan fingerprint density at radius 2 is 1.82 bits per heavy atom. The van der Waals surface area contributed by atoms with Crippen molar-refractivity contribution in [3.8, 4) is 0 Å². The molecule has 1 heterocycles. The van der Waals surface area contributed by atoms with Gasteiger partial charge in [0.25, 0.3) is 17.5 Å². The second kappa shape index (κ2) is 8.34. The lowest BCUT2D eigenvalue weighted by Crippen LogP contribution is -2.42. The molecular formula is C22H21N5O6. The van der Waals surface area contributed by atoms with E-state index in [1.807, 2.05) is 0 Å². The molecule has 0 bridgehead atoms. The van der Waals surface area contributed by atoms with Crippen molar-refractivity contribution >= 4 is 35.1 Å². The summed E-state index contributed by atoms with van der Waals surface area (Å²) < 4.78 is 0. The van der Waals surface area contributed by atoms with E-state index in [2.05, 4.69) is 16.0 Å². The van der Waals surface area contributed by atoms with Gasteiger partial charge in [0.15, 0.2) is 0 Å². The molecule has 0 spiro atoms. The number of carbonyl (C=O) groups is 4. The maximum absolute atomic E-state index is 13.0. The number of amides is 5. The second-order valence-electron chi connectivity index (χ2n) is 8.09. The third-order valence-corrected chi connectivity index (χ3v) is 5.59. The summed E-state index contributed by atoms with van der Waals surface area (Å²) in [5, 5.41) is 18.9. The van der Waals surface area contributed by atoms with Crippen LogP contribution >= 0.6 is 0 Å². The maximum atomic E-state index is 13.0. The van der Waals surface area contributed by atoms with Crippen LogP contribution in [0.2, 0.25) is 0 Å². The van der Waals surface area contributed by atoms with Crippen molar-refractivity contribution in [3.05, 3.63) is 69.8 Å².